The van der Waals surface area contributed by atoms with Crippen LogP contribution in [0.1, 0.15) is 19.5 Å². The number of thiazole rings is 1. The molecule has 0 amide bonds. The van der Waals surface area contributed by atoms with Gasteiger partial charge in [-0.05, 0) is 44.2 Å². The van der Waals surface area contributed by atoms with Gasteiger partial charge in [-0.2, -0.15) is 0 Å². The smallest absolute Gasteiger partial charge is 0.332 e. The van der Waals surface area contributed by atoms with Crippen LogP contribution >= 0.6 is 11.3 Å². The predicted octanol–water partition coefficient (Wildman–Crippen LogP) is 3.46. The maximum atomic E-state index is 12.8. The van der Waals surface area contributed by atoms with E-state index in [9.17, 15) is 14.4 Å². The van der Waals surface area contributed by atoms with Crippen LogP contribution in [0.4, 0.5) is 0 Å². The SMILES string of the molecule is CCOc1ccc(-c2nc(COC(=O)Cn3c(=O)n(CC)c(=O)c4ccccc43)cs2)cc1OC. The van der Waals surface area contributed by atoms with Gasteiger partial charge in [0, 0.05) is 17.5 Å². The van der Waals surface area contributed by atoms with E-state index < -0.39 is 11.7 Å². The lowest BCUT2D eigenvalue weighted by Crippen LogP contribution is -2.40. The van der Waals surface area contributed by atoms with Crippen molar-refractivity contribution >= 4 is 28.2 Å². The fourth-order valence-electron chi connectivity index (χ4n) is 3.71. The minimum Gasteiger partial charge on any atom is -0.493 e. The van der Waals surface area contributed by atoms with Gasteiger partial charge in [-0.15, -0.1) is 11.3 Å². The molecule has 2 aromatic carbocycles. The Morgan fingerprint density at radius 2 is 1.86 bits per heavy atom. The number of fused-ring (bicyclic) bond motifs is 1. The van der Waals surface area contributed by atoms with Gasteiger partial charge in [0.1, 0.15) is 18.2 Å². The summed E-state index contributed by atoms with van der Waals surface area (Å²) in [6, 6.07) is 12.3. The first-order valence-electron chi connectivity index (χ1n) is 11.1. The molecule has 0 aliphatic rings. The zero-order chi connectivity index (χ0) is 24.9. The van der Waals surface area contributed by atoms with Crippen molar-refractivity contribution < 1.29 is 19.0 Å². The molecule has 10 heteroatoms. The molecule has 0 bridgehead atoms. The standard InChI is InChI=1S/C25H25N3O6S/c1-4-27-24(30)18-8-6-7-9-19(18)28(25(27)31)13-22(29)34-14-17-15-35-23(26-17)16-10-11-20(33-5-2)21(12-16)32-3/h6-12,15H,4-5,13-14H2,1-3H3. The van der Waals surface area contributed by atoms with Gasteiger partial charge in [0.15, 0.2) is 11.5 Å². The number of benzene rings is 2. The molecule has 0 radical (unpaired) electrons. The van der Waals surface area contributed by atoms with Crippen LogP contribution in [0.2, 0.25) is 0 Å². The molecule has 0 saturated heterocycles. The van der Waals surface area contributed by atoms with E-state index in [2.05, 4.69) is 4.98 Å². The molecule has 0 unspecified atom stereocenters. The molecule has 0 aliphatic heterocycles. The van der Waals surface area contributed by atoms with Crippen LogP contribution in [0.25, 0.3) is 21.5 Å². The first-order valence-corrected chi connectivity index (χ1v) is 12.0. The summed E-state index contributed by atoms with van der Waals surface area (Å²) in [6.07, 6.45) is 0. The number of rotatable bonds is 9. The third-order valence-corrected chi connectivity index (χ3v) is 6.32. The van der Waals surface area contributed by atoms with Crippen molar-refractivity contribution in [1.82, 2.24) is 14.1 Å². The summed E-state index contributed by atoms with van der Waals surface area (Å²) in [5.41, 5.74) is 0.909. The summed E-state index contributed by atoms with van der Waals surface area (Å²) >= 11 is 1.42. The second kappa shape index (κ2) is 10.6. The normalized spacial score (nSPS) is 10.9. The lowest BCUT2D eigenvalue weighted by atomic mass is 10.2. The number of carbonyl (C=O) groups excluding carboxylic acids is 1. The Bertz CT molecular complexity index is 1490. The summed E-state index contributed by atoms with van der Waals surface area (Å²) < 4.78 is 18.7. The summed E-state index contributed by atoms with van der Waals surface area (Å²) in [4.78, 5) is 42.5. The highest BCUT2D eigenvalue weighted by Gasteiger charge is 2.16. The van der Waals surface area contributed by atoms with E-state index in [4.69, 9.17) is 14.2 Å². The van der Waals surface area contributed by atoms with Gasteiger partial charge in [-0.1, -0.05) is 12.1 Å². The second-order valence-electron chi connectivity index (χ2n) is 7.54. The van der Waals surface area contributed by atoms with E-state index in [1.165, 1.54) is 15.9 Å². The third kappa shape index (κ3) is 4.97. The average molecular weight is 496 g/mol. The Hall–Kier alpha value is -3.92. The third-order valence-electron chi connectivity index (χ3n) is 5.38. The van der Waals surface area contributed by atoms with E-state index in [-0.39, 0.29) is 25.3 Å². The van der Waals surface area contributed by atoms with Crippen LogP contribution in [-0.4, -0.2) is 33.8 Å². The molecular formula is C25H25N3O6S. The largest absolute Gasteiger partial charge is 0.493 e. The van der Waals surface area contributed by atoms with Gasteiger partial charge in [-0.3, -0.25) is 18.7 Å². The highest BCUT2D eigenvalue weighted by molar-refractivity contribution is 7.13. The number of hydrogen-bond acceptors (Lipinski definition) is 8. The maximum absolute atomic E-state index is 12.8. The summed E-state index contributed by atoms with van der Waals surface area (Å²) in [7, 11) is 1.58. The van der Waals surface area contributed by atoms with E-state index in [1.54, 1.807) is 38.3 Å². The number of methoxy groups -OCH3 is 1. The fourth-order valence-corrected chi connectivity index (χ4v) is 4.51. The van der Waals surface area contributed by atoms with E-state index in [0.717, 1.165) is 15.1 Å². The second-order valence-corrected chi connectivity index (χ2v) is 8.40. The first-order chi connectivity index (χ1) is 17.0. The summed E-state index contributed by atoms with van der Waals surface area (Å²) in [6.45, 7) is 4.00. The molecule has 2 aromatic heterocycles. The molecule has 0 N–H and O–H groups in total. The zero-order valence-electron chi connectivity index (χ0n) is 19.6. The Balaban J connectivity index is 1.49. The number of ether oxygens (including phenoxy) is 3. The molecule has 0 atom stereocenters. The topological polar surface area (TPSA) is 102 Å². The van der Waals surface area contributed by atoms with Crippen molar-refractivity contribution in [3.05, 3.63) is 74.4 Å². The molecule has 2 heterocycles. The quantitative estimate of drug-likeness (QED) is 0.328. The lowest BCUT2D eigenvalue weighted by molar-refractivity contribution is -0.145. The van der Waals surface area contributed by atoms with Gasteiger partial charge >= 0.3 is 11.7 Å². The lowest BCUT2D eigenvalue weighted by Gasteiger charge is -2.12. The van der Waals surface area contributed by atoms with Crippen molar-refractivity contribution in [3.8, 4) is 22.1 Å². The number of nitrogens with zero attached hydrogens (tertiary/aromatic N) is 3. The monoisotopic (exact) mass is 495 g/mol. The minimum atomic E-state index is -0.601. The van der Waals surface area contributed by atoms with Crippen LogP contribution in [0.3, 0.4) is 0 Å². The van der Waals surface area contributed by atoms with Crippen molar-refractivity contribution in [2.45, 2.75) is 33.5 Å². The summed E-state index contributed by atoms with van der Waals surface area (Å²) in [5, 5.41) is 2.93. The van der Waals surface area contributed by atoms with E-state index in [0.29, 0.717) is 34.7 Å². The van der Waals surface area contributed by atoms with E-state index >= 15 is 0 Å². The molecule has 182 valence electrons. The van der Waals surface area contributed by atoms with Crippen LogP contribution in [0.5, 0.6) is 11.5 Å². The highest BCUT2D eigenvalue weighted by Crippen LogP contribution is 2.33. The van der Waals surface area contributed by atoms with Gasteiger partial charge in [0.05, 0.1) is 30.3 Å². The van der Waals surface area contributed by atoms with Crippen LogP contribution in [-0.2, 0) is 29.2 Å². The van der Waals surface area contributed by atoms with Gasteiger partial charge in [0.2, 0.25) is 0 Å². The van der Waals surface area contributed by atoms with Gasteiger partial charge in [-0.25, -0.2) is 9.78 Å². The molecular weight excluding hydrogens is 470 g/mol. The van der Waals surface area contributed by atoms with Crippen LogP contribution < -0.4 is 20.7 Å². The summed E-state index contributed by atoms with van der Waals surface area (Å²) in [5.74, 6) is 0.663. The van der Waals surface area contributed by atoms with Crippen molar-refractivity contribution in [3.63, 3.8) is 0 Å². The average Bonchev–Trinajstić information content (AvgIpc) is 3.35. The number of para-hydroxylation sites is 1. The Morgan fingerprint density at radius 3 is 2.60 bits per heavy atom. The molecule has 0 saturated carbocycles. The predicted molar refractivity (Wildman–Crippen MR) is 133 cm³/mol. The van der Waals surface area contributed by atoms with Gasteiger partial charge in [0.25, 0.3) is 5.56 Å². The molecule has 0 spiro atoms. The van der Waals surface area contributed by atoms with Gasteiger partial charge < -0.3 is 14.2 Å². The van der Waals surface area contributed by atoms with E-state index in [1.807, 2.05) is 30.5 Å². The van der Waals surface area contributed by atoms with Crippen LogP contribution in [0, 0.1) is 0 Å². The zero-order valence-corrected chi connectivity index (χ0v) is 20.5. The Labute approximate surface area is 205 Å². The Morgan fingerprint density at radius 1 is 1.06 bits per heavy atom. The van der Waals surface area contributed by atoms with Crippen LogP contribution in [0.15, 0.2) is 57.4 Å². The minimum absolute atomic E-state index is 0.0381. The number of esters is 1. The molecule has 0 fully saturated rings. The molecule has 9 nitrogen and oxygen atoms in total. The highest BCUT2D eigenvalue weighted by atomic mass is 32.1. The molecule has 4 rings (SSSR count). The first kappa shape index (κ1) is 24.2. The molecule has 4 aromatic rings. The van der Waals surface area contributed by atoms with Crippen molar-refractivity contribution in [1.29, 1.82) is 0 Å². The number of aromatic nitrogens is 3. The van der Waals surface area contributed by atoms with Crippen molar-refractivity contribution in [2.24, 2.45) is 0 Å². The Kier molecular flexibility index (Phi) is 7.31. The number of hydrogen-bond donors (Lipinski definition) is 0. The molecule has 0 aliphatic carbocycles. The number of carbonyl (C=O) groups is 1. The maximum Gasteiger partial charge on any atom is 0.332 e. The fraction of sp³-hybridized carbons (Fsp3) is 0.280. The molecule has 35 heavy (non-hydrogen) atoms. The van der Waals surface area contributed by atoms with Crippen molar-refractivity contribution in [2.75, 3.05) is 13.7 Å².